The van der Waals surface area contributed by atoms with Crippen molar-refractivity contribution in [2.75, 3.05) is 18.5 Å². The average Bonchev–Trinajstić information content (AvgIpc) is 2.71. The monoisotopic (exact) mass is 284 g/mol. The first-order valence-electron chi connectivity index (χ1n) is 7.30. The van der Waals surface area contributed by atoms with Gasteiger partial charge in [0.05, 0.1) is 18.9 Å². The van der Waals surface area contributed by atoms with E-state index in [1.165, 1.54) is 5.56 Å². The first kappa shape index (κ1) is 13.7. The van der Waals surface area contributed by atoms with E-state index in [9.17, 15) is 0 Å². The van der Waals surface area contributed by atoms with Gasteiger partial charge in [-0.25, -0.2) is 0 Å². The van der Waals surface area contributed by atoms with Gasteiger partial charge in [-0.1, -0.05) is 6.07 Å². The lowest BCUT2D eigenvalue weighted by atomic mass is 10.1. The molecule has 1 atom stereocenters. The van der Waals surface area contributed by atoms with Gasteiger partial charge in [-0.15, -0.1) is 0 Å². The molecule has 1 unspecified atom stereocenters. The molecule has 1 N–H and O–H groups in total. The van der Waals surface area contributed by atoms with Gasteiger partial charge in [0.2, 0.25) is 0 Å². The van der Waals surface area contributed by atoms with E-state index in [1.807, 2.05) is 25.4 Å². The zero-order valence-electron chi connectivity index (χ0n) is 12.4. The van der Waals surface area contributed by atoms with Crippen molar-refractivity contribution in [3.8, 4) is 11.5 Å². The third-order valence-corrected chi connectivity index (χ3v) is 3.53. The number of nitrogens with zero attached hydrogens (tertiary/aromatic N) is 1. The highest BCUT2D eigenvalue weighted by Gasteiger charge is 2.13. The van der Waals surface area contributed by atoms with E-state index < -0.39 is 0 Å². The lowest BCUT2D eigenvalue weighted by Gasteiger charge is -2.17. The highest BCUT2D eigenvalue weighted by Crippen LogP contribution is 2.33. The molecule has 1 aromatic carbocycles. The summed E-state index contributed by atoms with van der Waals surface area (Å²) >= 11 is 0. The quantitative estimate of drug-likeness (QED) is 0.932. The SMILES string of the molecule is Cc1cncc(NC(C)c2ccc3c(c2)OCCCO3)c1. The minimum atomic E-state index is 0.172. The van der Waals surface area contributed by atoms with E-state index in [0.717, 1.165) is 35.8 Å². The van der Waals surface area contributed by atoms with E-state index in [4.69, 9.17) is 9.47 Å². The zero-order chi connectivity index (χ0) is 14.7. The molecule has 4 nitrogen and oxygen atoms in total. The summed E-state index contributed by atoms with van der Waals surface area (Å²) in [4.78, 5) is 4.21. The van der Waals surface area contributed by atoms with Gasteiger partial charge in [-0.2, -0.15) is 0 Å². The molecule has 0 aliphatic carbocycles. The van der Waals surface area contributed by atoms with Crippen molar-refractivity contribution in [2.24, 2.45) is 0 Å². The van der Waals surface area contributed by atoms with Crippen molar-refractivity contribution >= 4 is 5.69 Å². The zero-order valence-corrected chi connectivity index (χ0v) is 12.4. The van der Waals surface area contributed by atoms with Gasteiger partial charge in [0.15, 0.2) is 11.5 Å². The van der Waals surface area contributed by atoms with Crippen LogP contribution in [0.4, 0.5) is 5.69 Å². The van der Waals surface area contributed by atoms with Gasteiger partial charge in [0.25, 0.3) is 0 Å². The first-order chi connectivity index (χ1) is 10.2. The number of ether oxygens (including phenoxy) is 2. The molecule has 0 spiro atoms. The van der Waals surface area contributed by atoms with E-state index in [0.29, 0.717) is 6.61 Å². The Bertz CT molecular complexity index is 628. The number of nitrogens with one attached hydrogen (secondary N) is 1. The Balaban J connectivity index is 1.78. The molecule has 21 heavy (non-hydrogen) atoms. The summed E-state index contributed by atoms with van der Waals surface area (Å²) in [5.74, 6) is 1.67. The summed E-state index contributed by atoms with van der Waals surface area (Å²) in [5, 5.41) is 3.46. The molecule has 0 fully saturated rings. The third-order valence-electron chi connectivity index (χ3n) is 3.53. The van der Waals surface area contributed by atoms with Crippen molar-refractivity contribution in [1.82, 2.24) is 4.98 Å². The van der Waals surface area contributed by atoms with Crippen LogP contribution < -0.4 is 14.8 Å². The summed E-state index contributed by atoms with van der Waals surface area (Å²) in [6.45, 7) is 5.59. The van der Waals surface area contributed by atoms with Crippen molar-refractivity contribution in [1.29, 1.82) is 0 Å². The minimum absolute atomic E-state index is 0.172. The fourth-order valence-corrected chi connectivity index (χ4v) is 2.42. The number of anilines is 1. The van der Waals surface area contributed by atoms with Crippen LogP contribution in [0.3, 0.4) is 0 Å². The molecular weight excluding hydrogens is 264 g/mol. The normalized spacial score (nSPS) is 15.1. The number of aromatic nitrogens is 1. The van der Waals surface area contributed by atoms with Crippen LogP contribution in [-0.4, -0.2) is 18.2 Å². The van der Waals surface area contributed by atoms with Gasteiger partial charge in [-0.3, -0.25) is 4.98 Å². The van der Waals surface area contributed by atoms with Crippen LogP contribution in [0, 0.1) is 6.92 Å². The Morgan fingerprint density at radius 2 is 1.90 bits per heavy atom. The predicted molar refractivity (Wildman–Crippen MR) is 83.1 cm³/mol. The molecule has 2 aromatic rings. The molecule has 1 aliphatic heterocycles. The number of pyridine rings is 1. The van der Waals surface area contributed by atoms with Gasteiger partial charge in [0, 0.05) is 24.9 Å². The Morgan fingerprint density at radius 3 is 2.71 bits per heavy atom. The van der Waals surface area contributed by atoms with Gasteiger partial charge >= 0.3 is 0 Å². The van der Waals surface area contributed by atoms with Crippen LogP contribution in [0.2, 0.25) is 0 Å². The maximum absolute atomic E-state index is 5.74. The predicted octanol–water partition coefficient (Wildman–Crippen LogP) is 3.72. The minimum Gasteiger partial charge on any atom is -0.490 e. The van der Waals surface area contributed by atoms with Crippen LogP contribution in [-0.2, 0) is 0 Å². The Labute approximate surface area is 125 Å². The van der Waals surface area contributed by atoms with E-state index in [-0.39, 0.29) is 6.04 Å². The molecule has 4 heteroatoms. The Kier molecular flexibility index (Phi) is 3.95. The summed E-state index contributed by atoms with van der Waals surface area (Å²) in [7, 11) is 0. The highest BCUT2D eigenvalue weighted by atomic mass is 16.5. The van der Waals surface area contributed by atoms with Crippen molar-refractivity contribution < 1.29 is 9.47 Å². The molecule has 3 rings (SSSR count). The van der Waals surface area contributed by atoms with Crippen molar-refractivity contribution in [3.63, 3.8) is 0 Å². The molecule has 0 radical (unpaired) electrons. The maximum Gasteiger partial charge on any atom is 0.161 e. The average molecular weight is 284 g/mol. The van der Waals surface area contributed by atoms with Gasteiger partial charge in [-0.05, 0) is 43.2 Å². The second-order valence-electron chi connectivity index (χ2n) is 5.37. The standard InChI is InChI=1S/C17H20N2O2/c1-12-8-15(11-18-10-12)19-13(2)14-4-5-16-17(9-14)21-7-3-6-20-16/h4-5,8-11,13,19H,3,6-7H2,1-2H3. The van der Waals surface area contributed by atoms with Crippen molar-refractivity contribution in [3.05, 3.63) is 47.8 Å². The Morgan fingerprint density at radius 1 is 1.10 bits per heavy atom. The molecule has 0 bridgehead atoms. The second-order valence-corrected chi connectivity index (χ2v) is 5.37. The lowest BCUT2D eigenvalue weighted by Crippen LogP contribution is -2.07. The number of aryl methyl sites for hydroxylation is 1. The van der Waals surface area contributed by atoms with E-state index in [2.05, 4.69) is 35.4 Å². The number of benzene rings is 1. The molecule has 0 saturated heterocycles. The van der Waals surface area contributed by atoms with Gasteiger partial charge < -0.3 is 14.8 Å². The molecular formula is C17H20N2O2. The maximum atomic E-state index is 5.74. The molecule has 0 saturated carbocycles. The highest BCUT2D eigenvalue weighted by molar-refractivity contribution is 5.48. The smallest absolute Gasteiger partial charge is 0.161 e. The van der Waals surface area contributed by atoms with Crippen LogP contribution in [0.15, 0.2) is 36.7 Å². The van der Waals surface area contributed by atoms with Crippen molar-refractivity contribution in [2.45, 2.75) is 26.3 Å². The van der Waals surface area contributed by atoms with Crippen LogP contribution in [0.5, 0.6) is 11.5 Å². The fraction of sp³-hybridized carbons (Fsp3) is 0.353. The number of fused-ring (bicyclic) bond motifs is 1. The number of hydrogen-bond donors (Lipinski definition) is 1. The van der Waals surface area contributed by atoms with E-state index in [1.54, 1.807) is 0 Å². The number of hydrogen-bond acceptors (Lipinski definition) is 4. The molecule has 1 aliphatic rings. The third kappa shape index (κ3) is 3.27. The fourth-order valence-electron chi connectivity index (χ4n) is 2.42. The molecule has 2 heterocycles. The van der Waals surface area contributed by atoms with Crippen LogP contribution >= 0.6 is 0 Å². The lowest BCUT2D eigenvalue weighted by molar-refractivity contribution is 0.297. The summed E-state index contributed by atoms with van der Waals surface area (Å²) in [6.07, 6.45) is 4.61. The second kappa shape index (κ2) is 6.04. The first-order valence-corrected chi connectivity index (χ1v) is 7.30. The summed E-state index contributed by atoms with van der Waals surface area (Å²) < 4.78 is 11.4. The Hall–Kier alpha value is -2.23. The summed E-state index contributed by atoms with van der Waals surface area (Å²) in [6, 6.07) is 8.39. The largest absolute Gasteiger partial charge is 0.490 e. The van der Waals surface area contributed by atoms with E-state index >= 15 is 0 Å². The molecule has 1 aromatic heterocycles. The molecule has 0 amide bonds. The van der Waals surface area contributed by atoms with Crippen LogP contribution in [0.1, 0.15) is 30.5 Å². The topological polar surface area (TPSA) is 43.4 Å². The van der Waals surface area contributed by atoms with Crippen LogP contribution in [0.25, 0.3) is 0 Å². The summed E-state index contributed by atoms with van der Waals surface area (Å²) in [5.41, 5.74) is 3.33. The number of rotatable bonds is 3. The van der Waals surface area contributed by atoms with Gasteiger partial charge in [0.1, 0.15) is 0 Å². The molecule has 110 valence electrons.